The number of amides is 1. The molecule has 6 heteroatoms. The van der Waals surface area contributed by atoms with Gasteiger partial charge in [0.05, 0.1) is 11.3 Å². The molecule has 0 saturated carbocycles. The molecule has 0 bridgehead atoms. The van der Waals surface area contributed by atoms with Crippen LogP contribution in [0.3, 0.4) is 0 Å². The van der Waals surface area contributed by atoms with E-state index in [-0.39, 0.29) is 5.91 Å². The third kappa shape index (κ3) is 4.12. The van der Waals surface area contributed by atoms with Crippen molar-refractivity contribution in [3.05, 3.63) is 72.2 Å². The Bertz CT molecular complexity index is 901. The molecule has 0 radical (unpaired) electrons. The molecular weight excluding hydrogens is 350 g/mol. The zero-order chi connectivity index (χ0) is 19.3. The van der Waals surface area contributed by atoms with Crippen LogP contribution < -0.4 is 0 Å². The molecule has 1 aliphatic rings. The van der Waals surface area contributed by atoms with Crippen LogP contribution in [0, 0.1) is 0 Å². The molecule has 4 rings (SSSR count). The molecule has 0 atom stereocenters. The Kier molecular flexibility index (Phi) is 5.48. The average molecular weight is 375 g/mol. The number of rotatable bonds is 5. The third-order valence-corrected chi connectivity index (χ3v) is 5.40. The number of nitrogens with zero attached hydrogens (tertiary/aromatic N) is 4. The molecule has 3 heterocycles. The summed E-state index contributed by atoms with van der Waals surface area (Å²) in [5.74, 6) is 0.0790. The van der Waals surface area contributed by atoms with Gasteiger partial charge in [-0.1, -0.05) is 30.3 Å². The summed E-state index contributed by atoms with van der Waals surface area (Å²) in [6.45, 7) is 2.38. The number of nitrogens with one attached hydrogen (secondary N) is 1. The number of piperidine rings is 1. The van der Waals surface area contributed by atoms with Crippen LogP contribution >= 0.6 is 0 Å². The quantitative estimate of drug-likeness (QED) is 0.744. The summed E-state index contributed by atoms with van der Waals surface area (Å²) in [7, 11) is 2.15. The van der Waals surface area contributed by atoms with Gasteiger partial charge in [-0.15, -0.1) is 0 Å². The van der Waals surface area contributed by atoms with Crippen molar-refractivity contribution in [2.24, 2.45) is 0 Å². The first-order chi connectivity index (χ1) is 13.7. The van der Waals surface area contributed by atoms with Crippen molar-refractivity contribution in [3.63, 3.8) is 0 Å². The van der Waals surface area contributed by atoms with Gasteiger partial charge < -0.3 is 4.90 Å². The maximum absolute atomic E-state index is 12.6. The van der Waals surface area contributed by atoms with E-state index in [0.717, 1.165) is 49.4 Å². The Morgan fingerprint density at radius 3 is 2.68 bits per heavy atom. The number of hydrogen-bond acceptors (Lipinski definition) is 4. The summed E-state index contributed by atoms with van der Waals surface area (Å²) in [5, 5.41) is 7.60. The number of H-pyrrole nitrogens is 1. The normalized spacial score (nSPS) is 15.1. The molecule has 144 valence electrons. The van der Waals surface area contributed by atoms with Crippen LogP contribution in [-0.2, 0) is 6.54 Å². The van der Waals surface area contributed by atoms with Gasteiger partial charge in [-0.2, -0.15) is 5.10 Å². The number of pyridine rings is 1. The Balaban J connectivity index is 1.31. The standard InChI is InChI=1S/C22H25N5O/c1-26(16-19-14-21(25-24-19)17-6-3-2-4-7-17)20-9-12-27(13-10-20)22(28)18-8-5-11-23-15-18/h2-8,11,14-15,20H,9-10,12-13,16H2,1H3,(H,24,25). The lowest BCUT2D eigenvalue weighted by molar-refractivity contribution is 0.0638. The second kappa shape index (κ2) is 8.35. The number of carbonyl (C=O) groups excluding carboxylic acids is 1. The van der Waals surface area contributed by atoms with Crippen LogP contribution in [0.5, 0.6) is 0 Å². The van der Waals surface area contributed by atoms with E-state index in [0.29, 0.717) is 11.6 Å². The van der Waals surface area contributed by atoms with Gasteiger partial charge in [-0.3, -0.25) is 19.8 Å². The Labute approximate surface area is 165 Å². The molecule has 1 amide bonds. The monoisotopic (exact) mass is 375 g/mol. The fourth-order valence-corrected chi connectivity index (χ4v) is 3.78. The van der Waals surface area contributed by atoms with Crippen molar-refractivity contribution in [3.8, 4) is 11.3 Å². The van der Waals surface area contributed by atoms with Crippen molar-refractivity contribution in [1.82, 2.24) is 25.0 Å². The van der Waals surface area contributed by atoms with Gasteiger partial charge in [0.25, 0.3) is 5.91 Å². The summed E-state index contributed by atoms with van der Waals surface area (Å²) >= 11 is 0. The molecule has 1 aromatic carbocycles. The van der Waals surface area contributed by atoms with Gasteiger partial charge in [-0.05, 0) is 38.1 Å². The highest BCUT2D eigenvalue weighted by Crippen LogP contribution is 2.21. The van der Waals surface area contributed by atoms with Crippen molar-refractivity contribution in [2.45, 2.75) is 25.4 Å². The van der Waals surface area contributed by atoms with E-state index in [2.05, 4.69) is 45.3 Å². The minimum atomic E-state index is 0.0790. The lowest BCUT2D eigenvalue weighted by Crippen LogP contribution is -2.45. The molecule has 0 spiro atoms. The van der Waals surface area contributed by atoms with Gasteiger partial charge in [0.15, 0.2) is 0 Å². The van der Waals surface area contributed by atoms with Crippen LogP contribution in [0.15, 0.2) is 60.9 Å². The zero-order valence-electron chi connectivity index (χ0n) is 16.1. The zero-order valence-corrected chi connectivity index (χ0v) is 16.1. The maximum atomic E-state index is 12.6. The van der Waals surface area contributed by atoms with Crippen LogP contribution in [0.25, 0.3) is 11.3 Å². The molecule has 1 aliphatic heterocycles. The van der Waals surface area contributed by atoms with E-state index in [1.807, 2.05) is 35.2 Å². The minimum absolute atomic E-state index is 0.0790. The average Bonchev–Trinajstić information content (AvgIpc) is 3.23. The lowest BCUT2D eigenvalue weighted by atomic mass is 10.0. The summed E-state index contributed by atoms with van der Waals surface area (Å²) < 4.78 is 0. The predicted octanol–water partition coefficient (Wildman–Crippen LogP) is 3.21. The summed E-state index contributed by atoms with van der Waals surface area (Å²) in [6.07, 6.45) is 5.28. The van der Waals surface area contributed by atoms with Crippen molar-refractivity contribution < 1.29 is 4.79 Å². The second-order valence-corrected chi connectivity index (χ2v) is 7.32. The predicted molar refractivity (Wildman–Crippen MR) is 109 cm³/mol. The molecule has 6 nitrogen and oxygen atoms in total. The highest BCUT2D eigenvalue weighted by Gasteiger charge is 2.26. The van der Waals surface area contributed by atoms with E-state index >= 15 is 0 Å². The summed E-state index contributed by atoms with van der Waals surface area (Å²) in [6, 6.07) is 16.4. The molecule has 0 unspecified atom stereocenters. The largest absolute Gasteiger partial charge is 0.338 e. The number of hydrogen-bond donors (Lipinski definition) is 1. The first-order valence-electron chi connectivity index (χ1n) is 9.70. The number of carbonyl (C=O) groups is 1. The minimum Gasteiger partial charge on any atom is -0.338 e. The third-order valence-electron chi connectivity index (χ3n) is 5.40. The van der Waals surface area contributed by atoms with E-state index < -0.39 is 0 Å². The first kappa shape index (κ1) is 18.4. The molecule has 28 heavy (non-hydrogen) atoms. The van der Waals surface area contributed by atoms with Crippen LogP contribution in [0.4, 0.5) is 0 Å². The SMILES string of the molecule is CN(Cc1cc(-c2ccccc2)n[nH]1)C1CCN(C(=O)c2cccnc2)CC1. The van der Waals surface area contributed by atoms with E-state index in [4.69, 9.17) is 0 Å². The van der Waals surface area contributed by atoms with Crippen LogP contribution in [0.2, 0.25) is 0 Å². The molecule has 1 fully saturated rings. The number of aromatic amines is 1. The molecular formula is C22H25N5O. The second-order valence-electron chi connectivity index (χ2n) is 7.32. The number of aromatic nitrogens is 3. The highest BCUT2D eigenvalue weighted by atomic mass is 16.2. The molecule has 0 aliphatic carbocycles. The van der Waals surface area contributed by atoms with Gasteiger partial charge in [0, 0.05) is 49.3 Å². The fourth-order valence-electron chi connectivity index (χ4n) is 3.78. The summed E-state index contributed by atoms with van der Waals surface area (Å²) in [4.78, 5) is 20.9. The number of benzene rings is 1. The molecule has 3 aromatic rings. The van der Waals surface area contributed by atoms with Crippen molar-refractivity contribution in [2.75, 3.05) is 20.1 Å². The van der Waals surface area contributed by atoms with Gasteiger partial charge in [-0.25, -0.2) is 0 Å². The van der Waals surface area contributed by atoms with E-state index in [9.17, 15) is 4.79 Å². The van der Waals surface area contributed by atoms with Crippen LogP contribution in [0.1, 0.15) is 28.9 Å². The maximum Gasteiger partial charge on any atom is 0.255 e. The fraction of sp³-hybridized carbons (Fsp3) is 0.318. The molecule has 2 aromatic heterocycles. The van der Waals surface area contributed by atoms with Crippen molar-refractivity contribution >= 4 is 5.91 Å². The van der Waals surface area contributed by atoms with Gasteiger partial charge in [0.1, 0.15) is 0 Å². The van der Waals surface area contributed by atoms with E-state index in [1.54, 1.807) is 12.4 Å². The lowest BCUT2D eigenvalue weighted by Gasteiger charge is -2.36. The first-order valence-corrected chi connectivity index (χ1v) is 9.70. The molecule has 1 saturated heterocycles. The highest BCUT2D eigenvalue weighted by molar-refractivity contribution is 5.93. The van der Waals surface area contributed by atoms with Crippen molar-refractivity contribution in [1.29, 1.82) is 0 Å². The van der Waals surface area contributed by atoms with Gasteiger partial charge >= 0.3 is 0 Å². The number of likely N-dealkylation sites (tertiary alicyclic amines) is 1. The Hall–Kier alpha value is -2.99. The smallest absolute Gasteiger partial charge is 0.255 e. The van der Waals surface area contributed by atoms with Gasteiger partial charge in [0.2, 0.25) is 0 Å². The Morgan fingerprint density at radius 1 is 1.18 bits per heavy atom. The molecule has 1 N–H and O–H groups in total. The van der Waals surface area contributed by atoms with E-state index in [1.165, 1.54) is 0 Å². The summed E-state index contributed by atoms with van der Waals surface area (Å²) in [5.41, 5.74) is 3.87. The Morgan fingerprint density at radius 2 is 1.96 bits per heavy atom. The topological polar surface area (TPSA) is 65.1 Å². The van der Waals surface area contributed by atoms with Crippen LogP contribution in [-0.4, -0.2) is 57.1 Å².